The van der Waals surface area contributed by atoms with Crippen molar-refractivity contribution in [1.82, 2.24) is 29.0 Å². The fourth-order valence-corrected chi connectivity index (χ4v) is 4.29. The van der Waals surface area contributed by atoms with E-state index in [9.17, 15) is 31.9 Å². The molecular formula is C22H19F5N6O2. The van der Waals surface area contributed by atoms with Gasteiger partial charge in [-0.25, -0.2) is 31.6 Å². The lowest BCUT2D eigenvalue weighted by atomic mass is 10.2. The largest absolute Gasteiger partial charge is 0.391 e. The van der Waals surface area contributed by atoms with Crippen molar-refractivity contribution < 1.29 is 31.9 Å². The van der Waals surface area contributed by atoms with Crippen molar-refractivity contribution in [2.45, 2.75) is 38.1 Å². The summed E-state index contributed by atoms with van der Waals surface area (Å²) in [5.41, 5.74) is -0.629. The summed E-state index contributed by atoms with van der Waals surface area (Å²) in [5.74, 6) is -2.42. The molecule has 8 nitrogen and oxygen atoms in total. The van der Waals surface area contributed by atoms with Crippen molar-refractivity contribution in [3.05, 3.63) is 48.1 Å². The van der Waals surface area contributed by atoms with Gasteiger partial charge in [-0.3, -0.25) is 14.2 Å². The van der Waals surface area contributed by atoms with Gasteiger partial charge in [-0.2, -0.15) is 5.10 Å². The van der Waals surface area contributed by atoms with Crippen molar-refractivity contribution in [3.8, 4) is 11.4 Å². The first-order valence-corrected chi connectivity index (χ1v) is 10.8. The number of hydrogen-bond donors (Lipinski definition) is 1. The summed E-state index contributed by atoms with van der Waals surface area (Å²) >= 11 is 0. The lowest BCUT2D eigenvalue weighted by Crippen LogP contribution is -2.36. The lowest BCUT2D eigenvalue weighted by molar-refractivity contribution is 0.00356. The molecule has 4 aromatic heterocycles. The number of carbonyl (C=O) groups is 1. The van der Waals surface area contributed by atoms with Gasteiger partial charge in [0.15, 0.2) is 11.5 Å². The molecule has 1 aliphatic rings. The van der Waals surface area contributed by atoms with Crippen molar-refractivity contribution in [3.63, 3.8) is 0 Å². The van der Waals surface area contributed by atoms with Crippen LogP contribution in [0.3, 0.4) is 0 Å². The molecule has 35 heavy (non-hydrogen) atoms. The molecule has 1 amide bonds. The molecule has 0 bridgehead atoms. The number of aromatic nitrogens is 5. The fraction of sp³-hybridized carbons (Fsp3) is 0.364. The number of amides is 1. The summed E-state index contributed by atoms with van der Waals surface area (Å²) in [4.78, 5) is 22.4. The van der Waals surface area contributed by atoms with Gasteiger partial charge in [0.2, 0.25) is 0 Å². The number of fused-ring (bicyclic) bond motifs is 2. The number of alkyl halides is 3. The van der Waals surface area contributed by atoms with Gasteiger partial charge < -0.3 is 10.0 Å². The predicted molar refractivity (Wildman–Crippen MR) is 114 cm³/mol. The standard InChI is InChI=1S/C22H19F5N6O2/c23-11-5-14(24)21-29-8-17(32(21)9-11)18-13-7-28-15(6-16(13)33(30-18)20(27)19(25)26)22(35)31-4-2-1-3-12(34)10-31/h5-9,12,19-20,34H,1-4,10H2. The average molecular weight is 494 g/mol. The van der Waals surface area contributed by atoms with Crippen LogP contribution in [-0.2, 0) is 0 Å². The number of pyridine rings is 2. The van der Waals surface area contributed by atoms with Crippen molar-refractivity contribution in [2.24, 2.45) is 0 Å². The molecule has 1 N–H and O–H groups in total. The number of β-amino-alcohol motifs (C(OH)–C–C–N with tert-alkyl or cyclic N) is 1. The Balaban J connectivity index is 1.65. The zero-order valence-corrected chi connectivity index (χ0v) is 18.1. The topological polar surface area (TPSA) is 88.6 Å². The third-order valence-corrected chi connectivity index (χ3v) is 5.96. The summed E-state index contributed by atoms with van der Waals surface area (Å²) < 4.78 is 70.6. The van der Waals surface area contributed by atoms with E-state index in [0.717, 1.165) is 29.3 Å². The van der Waals surface area contributed by atoms with Crippen LogP contribution in [0.4, 0.5) is 22.0 Å². The first kappa shape index (κ1) is 23.1. The second-order valence-electron chi connectivity index (χ2n) is 8.33. The summed E-state index contributed by atoms with van der Waals surface area (Å²) in [7, 11) is 0. The molecule has 5 rings (SSSR count). The number of rotatable bonds is 4. The number of aliphatic hydroxyl groups is 1. The number of carbonyl (C=O) groups excluding carboxylic acids is 1. The molecule has 0 saturated carbocycles. The number of likely N-dealkylation sites (tertiary alicyclic amines) is 1. The van der Waals surface area contributed by atoms with E-state index in [4.69, 9.17) is 0 Å². The van der Waals surface area contributed by atoms with Gasteiger partial charge in [0.05, 0.1) is 23.5 Å². The van der Waals surface area contributed by atoms with Crippen LogP contribution < -0.4 is 0 Å². The van der Waals surface area contributed by atoms with Crippen LogP contribution >= 0.6 is 0 Å². The monoisotopic (exact) mass is 494 g/mol. The molecule has 4 aromatic rings. The van der Waals surface area contributed by atoms with E-state index in [-0.39, 0.29) is 40.2 Å². The molecule has 1 saturated heterocycles. The quantitative estimate of drug-likeness (QED) is 0.437. The van der Waals surface area contributed by atoms with E-state index >= 15 is 0 Å². The summed E-state index contributed by atoms with van der Waals surface area (Å²) in [5, 5.41) is 14.0. The molecule has 0 spiro atoms. The zero-order valence-electron chi connectivity index (χ0n) is 18.1. The number of nitrogens with zero attached hydrogens (tertiary/aromatic N) is 6. The number of halogens is 5. The highest BCUT2D eigenvalue weighted by Gasteiger charge is 2.29. The third kappa shape index (κ3) is 4.09. The van der Waals surface area contributed by atoms with Crippen molar-refractivity contribution in [1.29, 1.82) is 0 Å². The maximum absolute atomic E-state index is 14.5. The molecule has 2 unspecified atom stereocenters. The summed E-state index contributed by atoms with van der Waals surface area (Å²) in [6.07, 6.45) is -1.78. The van der Waals surface area contributed by atoms with Gasteiger partial charge in [-0.05, 0) is 25.3 Å². The second-order valence-corrected chi connectivity index (χ2v) is 8.33. The highest BCUT2D eigenvalue weighted by molar-refractivity contribution is 5.99. The maximum Gasteiger partial charge on any atom is 0.289 e. The zero-order chi connectivity index (χ0) is 24.9. The molecule has 1 fully saturated rings. The van der Waals surface area contributed by atoms with E-state index in [0.29, 0.717) is 30.1 Å². The van der Waals surface area contributed by atoms with E-state index < -0.39 is 36.4 Å². The molecule has 1 aliphatic heterocycles. The Morgan fingerprint density at radius 3 is 2.69 bits per heavy atom. The second kappa shape index (κ2) is 8.87. The minimum absolute atomic E-state index is 0.0140. The van der Waals surface area contributed by atoms with Gasteiger partial charge in [0.1, 0.15) is 17.2 Å². The Morgan fingerprint density at radius 2 is 1.91 bits per heavy atom. The van der Waals surface area contributed by atoms with Gasteiger partial charge >= 0.3 is 0 Å². The Hall–Kier alpha value is -3.61. The molecule has 184 valence electrons. The third-order valence-electron chi connectivity index (χ3n) is 5.96. The molecule has 5 heterocycles. The Bertz CT molecular complexity index is 1420. The van der Waals surface area contributed by atoms with Crippen LogP contribution in [0.25, 0.3) is 27.9 Å². The SMILES string of the molecule is O=C(c1cc2c(cn1)c(-c1cnc3c(F)cc(F)cn13)nn2C(F)C(F)F)N1CCCCC(O)C1. The molecule has 13 heteroatoms. The summed E-state index contributed by atoms with van der Waals surface area (Å²) in [6.45, 7) is 0.465. The predicted octanol–water partition coefficient (Wildman–Crippen LogP) is 3.74. The normalized spacial score (nSPS) is 17.9. The van der Waals surface area contributed by atoms with Gasteiger partial charge in [0.25, 0.3) is 18.6 Å². The average Bonchev–Trinajstić information content (AvgIpc) is 3.33. The number of imidazole rings is 1. The Morgan fingerprint density at radius 1 is 1.11 bits per heavy atom. The van der Waals surface area contributed by atoms with Gasteiger partial charge in [0, 0.05) is 36.9 Å². The van der Waals surface area contributed by atoms with E-state index in [1.165, 1.54) is 11.1 Å². The van der Waals surface area contributed by atoms with Crippen LogP contribution in [-0.4, -0.2) is 65.7 Å². The molecule has 0 radical (unpaired) electrons. The lowest BCUT2D eigenvalue weighted by Gasteiger charge is -2.21. The highest BCUT2D eigenvalue weighted by atomic mass is 19.3. The van der Waals surface area contributed by atoms with Crippen molar-refractivity contribution >= 4 is 22.5 Å². The molecular weight excluding hydrogens is 475 g/mol. The van der Waals surface area contributed by atoms with Crippen molar-refractivity contribution in [2.75, 3.05) is 13.1 Å². The Labute approximate surface area is 194 Å². The van der Waals surface area contributed by atoms with E-state index in [1.54, 1.807) is 0 Å². The molecule has 0 aliphatic carbocycles. The smallest absolute Gasteiger partial charge is 0.289 e. The van der Waals surface area contributed by atoms with Crippen LogP contribution in [0.2, 0.25) is 0 Å². The first-order chi connectivity index (χ1) is 16.7. The van der Waals surface area contributed by atoms with Gasteiger partial charge in [-0.1, -0.05) is 0 Å². The molecule has 2 atom stereocenters. The maximum atomic E-state index is 14.5. The minimum atomic E-state index is -3.43. The molecule has 0 aromatic carbocycles. The fourth-order valence-electron chi connectivity index (χ4n) is 4.29. The first-order valence-electron chi connectivity index (χ1n) is 10.8. The van der Waals surface area contributed by atoms with E-state index in [1.807, 2.05) is 0 Å². The van der Waals surface area contributed by atoms with E-state index in [2.05, 4.69) is 15.1 Å². The number of aliphatic hydroxyl groups excluding tert-OH is 1. The minimum Gasteiger partial charge on any atom is -0.391 e. The highest BCUT2D eigenvalue weighted by Crippen LogP contribution is 2.33. The van der Waals surface area contributed by atoms with Gasteiger partial charge in [-0.15, -0.1) is 0 Å². The number of hydrogen-bond acceptors (Lipinski definition) is 5. The Kier molecular flexibility index (Phi) is 5.87. The van der Waals surface area contributed by atoms with Crippen LogP contribution in [0.5, 0.6) is 0 Å². The van der Waals surface area contributed by atoms with Crippen LogP contribution in [0, 0.1) is 11.6 Å². The van der Waals surface area contributed by atoms with Crippen LogP contribution in [0.15, 0.2) is 30.7 Å². The van der Waals surface area contributed by atoms with Crippen LogP contribution in [0.1, 0.15) is 36.0 Å². The summed E-state index contributed by atoms with van der Waals surface area (Å²) in [6, 6.07) is 1.78.